The number of ether oxygens (including phenoxy) is 2. The first-order valence-corrected chi connectivity index (χ1v) is 18.2. The van der Waals surface area contributed by atoms with Gasteiger partial charge in [0.25, 0.3) is 15.9 Å². The van der Waals surface area contributed by atoms with Gasteiger partial charge in [-0.25, -0.2) is 9.78 Å². The number of sulfonamides is 1. The van der Waals surface area contributed by atoms with Gasteiger partial charge in [0.2, 0.25) is 0 Å². The second-order valence-corrected chi connectivity index (χ2v) is 14.8. The maximum atomic E-state index is 14.3. The topological polar surface area (TPSA) is 155 Å². The van der Waals surface area contributed by atoms with Crippen LogP contribution in [0.15, 0.2) is 35.7 Å². The quantitative estimate of drug-likeness (QED) is 0.379. The number of urea groups is 1. The number of likely N-dealkylation sites (N-methyl/N-ethyl adjacent to an activating group) is 1. The monoisotopic (exact) mass is 676 g/mol. The molecule has 0 bridgehead atoms. The minimum absolute atomic E-state index is 0.135. The molecule has 1 aromatic carbocycles. The van der Waals surface area contributed by atoms with Crippen LogP contribution in [0.2, 0.25) is 0 Å². The van der Waals surface area contributed by atoms with Crippen LogP contribution in [0.5, 0.6) is 5.75 Å². The molecule has 2 aliphatic rings. The van der Waals surface area contributed by atoms with Crippen LogP contribution >= 0.6 is 0 Å². The molecule has 3 N–H and O–H groups in total. The SMILES string of the molecule is C[C@@H]1CCCCO[C@@H](CN(C)C(=O)NC2CCCCC2)[C@H](C)CN([C@H](C)CO)C(=O)c2cc(NS(=O)(=O)c3cn(C)cn3)ccc2O1. The summed E-state index contributed by atoms with van der Waals surface area (Å²) in [7, 11) is -0.577. The summed E-state index contributed by atoms with van der Waals surface area (Å²) in [5, 5.41) is 13.2. The molecule has 0 radical (unpaired) electrons. The number of aromatic nitrogens is 2. The Labute approximate surface area is 279 Å². The van der Waals surface area contributed by atoms with Crippen molar-refractivity contribution in [3.05, 3.63) is 36.3 Å². The predicted octanol–water partition coefficient (Wildman–Crippen LogP) is 3.99. The molecular formula is C33H52N6O7S. The fourth-order valence-corrected chi connectivity index (χ4v) is 7.10. The number of benzene rings is 1. The molecule has 14 heteroatoms. The summed E-state index contributed by atoms with van der Waals surface area (Å²) in [6.07, 6.45) is 9.95. The van der Waals surface area contributed by atoms with Crippen molar-refractivity contribution in [2.45, 2.75) is 101 Å². The van der Waals surface area contributed by atoms with Crippen molar-refractivity contribution in [3.63, 3.8) is 0 Å². The molecule has 3 amide bonds. The number of aryl methyl sites for hydroxylation is 1. The van der Waals surface area contributed by atoms with Crippen LogP contribution in [0.4, 0.5) is 10.5 Å². The van der Waals surface area contributed by atoms with E-state index in [1.807, 2.05) is 13.8 Å². The number of hydrogen-bond acceptors (Lipinski definition) is 8. The van der Waals surface area contributed by atoms with E-state index >= 15 is 0 Å². The highest BCUT2D eigenvalue weighted by Gasteiger charge is 2.31. The van der Waals surface area contributed by atoms with Gasteiger partial charge in [0.1, 0.15) is 5.75 Å². The molecule has 1 saturated carbocycles. The van der Waals surface area contributed by atoms with E-state index in [0.29, 0.717) is 25.3 Å². The number of aliphatic hydroxyl groups excluding tert-OH is 1. The lowest BCUT2D eigenvalue weighted by Gasteiger charge is -2.36. The molecule has 0 saturated heterocycles. The first kappa shape index (κ1) is 36.5. The molecule has 4 atom stereocenters. The number of nitrogens with one attached hydrogen (secondary N) is 2. The largest absolute Gasteiger partial charge is 0.490 e. The summed E-state index contributed by atoms with van der Waals surface area (Å²) < 4.78 is 42.8. The molecule has 47 heavy (non-hydrogen) atoms. The summed E-state index contributed by atoms with van der Waals surface area (Å²) in [6.45, 7) is 6.44. The average Bonchev–Trinajstić information content (AvgIpc) is 3.50. The van der Waals surface area contributed by atoms with Gasteiger partial charge in [-0.1, -0.05) is 26.2 Å². The standard InChI is InChI=1S/C33H52N6O7S/c1-23-18-39(24(2)21-40)32(41)28-17-27(36-47(43,44)31-20-37(4)22-34-31)14-15-29(28)46-25(3)11-9-10-16-45-30(23)19-38(5)33(42)35-26-12-7-6-8-13-26/h14-15,17,20,22-26,30,36,40H,6-13,16,18-19,21H2,1-5H3,(H,35,42)/t23-,24-,25-,30+/m1/s1. The second-order valence-electron chi connectivity index (χ2n) is 13.2. The van der Waals surface area contributed by atoms with E-state index in [9.17, 15) is 23.1 Å². The molecule has 1 aliphatic carbocycles. The van der Waals surface area contributed by atoms with Gasteiger partial charge in [-0.15, -0.1) is 0 Å². The number of anilines is 1. The number of aliphatic hydroxyl groups is 1. The number of rotatable bonds is 8. The van der Waals surface area contributed by atoms with Crippen LogP contribution in [0.25, 0.3) is 0 Å². The summed E-state index contributed by atoms with van der Waals surface area (Å²) >= 11 is 0. The molecule has 1 aliphatic heterocycles. The lowest BCUT2D eigenvalue weighted by atomic mass is 9.96. The lowest BCUT2D eigenvalue weighted by Crippen LogP contribution is -2.50. The molecule has 2 heterocycles. The lowest BCUT2D eigenvalue weighted by molar-refractivity contribution is -0.0123. The van der Waals surface area contributed by atoms with Crippen molar-refractivity contribution >= 4 is 27.6 Å². The zero-order valence-electron chi connectivity index (χ0n) is 28.4. The van der Waals surface area contributed by atoms with Gasteiger partial charge in [-0.2, -0.15) is 8.42 Å². The first-order chi connectivity index (χ1) is 22.4. The minimum atomic E-state index is -4.02. The highest BCUT2D eigenvalue weighted by Crippen LogP contribution is 2.29. The van der Waals surface area contributed by atoms with E-state index in [-0.39, 0.29) is 59.6 Å². The normalized spacial score (nSPS) is 22.8. The van der Waals surface area contributed by atoms with Crippen molar-refractivity contribution in [2.24, 2.45) is 13.0 Å². The Morgan fingerprint density at radius 2 is 1.87 bits per heavy atom. The maximum absolute atomic E-state index is 14.3. The van der Waals surface area contributed by atoms with E-state index in [1.54, 1.807) is 43.0 Å². The number of nitrogens with zero attached hydrogens (tertiary/aromatic N) is 4. The van der Waals surface area contributed by atoms with Gasteiger partial charge >= 0.3 is 6.03 Å². The van der Waals surface area contributed by atoms with Crippen LogP contribution in [0, 0.1) is 5.92 Å². The Morgan fingerprint density at radius 3 is 2.55 bits per heavy atom. The summed E-state index contributed by atoms with van der Waals surface area (Å²) in [5.74, 6) is -0.302. The van der Waals surface area contributed by atoms with Crippen LogP contribution in [-0.2, 0) is 21.8 Å². The third-order valence-corrected chi connectivity index (χ3v) is 10.3. The third-order valence-electron chi connectivity index (χ3n) is 8.99. The molecule has 0 spiro atoms. The summed E-state index contributed by atoms with van der Waals surface area (Å²) in [4.78, 5) is 34.6. The van der Waals surface area contributed by atoms with Gasteiger partial charge in [-0.05, 0) is 64.2 Å². The highest BCUT2D eigenvalue weighted by molar-refractivity contribution is 7.92. The molecule has 13 nitrogen and oxygen atoms in total. The van der Waals surface area contributed by atoms with E-state index < -0.39 is 22.0 Å². The number of carbonyl (C=O) groups is 2. The zero-order chi connectivity index (χ0) is 34.1. The van der Waals surface area contributed by atoms with E-state index in [4.69, 9.17) is 9.47 Å². The molecule has 1 fully saturated rings. The van der Waals surface area contributed by atoms with Crippen molar-refractivity contribution < 1.29 is 32.6 Å². The number of fused-ring (bicyclic) bond motifs is 1. The number of imidazole rings is 1. The Balaban J connectivity index is 1.60. The van der Waals surface area contributed by atoms with Crippen molar-refractivity contribution in [3.8, 4) is 5.75 Å². The number of hydrogen-bond donors (Lipinski definition) is 3. The van der Waals surface area contributed by atoms with Gasteiger partial charge in [0.15, 0.2) is 5.03 Å². The second kappa shape index (κ2) is 16.6. The molecule has 0 unspecified atom stereocenters. The fraction of sp³-hybridized carbons (Fsp3) is 0.667. The molecule has 262 valence electrons. The van der Waals surface area contributed by atoms with Gasteiger partial charge in [0, 0.05) is 57.6 Å². The van der Waals surface area contributed by atoms with E-state index in [1.165, 1.54) is 29.6 Å². The number of amides is 3. The minimum Gasteiger partial charge on any atom is -0.490 e. The predicted molar refractivity (Wildman–Crippen MR) is 179 cm³/mol. The average molecular weight is 677 g/mol. The zero-order valence-corrected chi connectivity index (χ0v) is 29.2. The van der Waals surface area contributed by atoms with Gasteiger partial charge in [-0.3, -0.25) is 9.52 Å². The Kier molecular flexibility index (Phi) is 12.9. The summed E-state index contributed by atoms with van der Waals surface area (Å²) in [6, 6.07) is 4.11. The van der Waals surface area contributed by atoms with Crippen LogP contribution in [0.1, 0.15) is 82.5 Å². The Hall–Kier alpha value is -3.36. The Morgan fingerprint density at radius 1 is 1.15 bits per heavy atom. The van der Waals surface area contributed by atoms with Crippen molar-refractivity contribution in [1.82, 2.24) is 24.7 Å². The Bertz CT molecular complexity index is 1440. The van der Waals surface area contributed by atoms with Crippen LogP contribution in [-0.4, -0.2) is 102 Å². The van der Waals surface area contributed by atoms with Crippen LogP contribution in [0.3, 0.4) is 0 Å². The summed E-state index contributed by atoms with van der Waals surface area (Å²) in [5.41, 5.74) is 0.348. The molecule has 4 rings (SSSR count). The molecule has 1 aromatic heterocycles. The van der Waals surface area contributed by atoms with Gasteiger partial charge < -0.3 is 34.3 Å². The van der Waals surface area contributed by atoms with E-state index in [0.717, 1.165) is 38.5 Å². The highest BCUT2D eigenvalue weighted by atomic mass is 32.2. The molecular weight excluding hydrogens is 624 g/mol. The smallest absolute Gasteiger partial charge is 0.317 e. The maximum Gasteiger partial charge on any atom is 0.317 e. The van der Waals surface area contributed by atoms with Gasteiger partial charge in [0.05, 0.1) is 36.7 Å². The van der Waals surface area contributed by atoms with E-state index in [2.05, 4.69) is 15.0 Å². The molecule has 2 aromatic rings. The van der Waals surface area contributed by atoms with Crippen LogP contribution < -0.4 is 14.8 Å². The number of carbonyl (C=O) groups excluding carboxylic acids is 2. The fourth-order valence-electron chi connectivity index (χ4n) is 6.07. The van der Waals surface area contributed by atoms with Crippen molar-refractivity contribution in [1.29, 1.82) is 0 Å². The van der Waals surface area contributed by atoms with Crippen molar-refractivity contribution in [2.75, 3.05) is 38.1 Å². The first-order valence-electron chi connectivity index (χ1n) is 16.7. The third kappa shape index (κ3) is 10.1.